The largest absolute Gasteiger partial charge is 0.465 e. The van der Waals surface area contributed by atoms with Gasteiger partial charge < -0.3 is 10.4 Å². The van der Waals surface area contributed by atoms with Gasteiger partial charge in [-0.15, -0.1) is 11.6 Å². The Bertz CT molecular complexity index is 86.1. The van der Waals surface area contributed by atoms with Crippen molar-refractivity contribution < 1.29 is 9.90 Å². The van der Waals surface area contributed by atoms with E-state index in [1.807, 2.05) is 0 Å². The second-order valence-corrected chi connectivity index (χ2v) is 1.81. The molecular weight excluding hydrogens is 130 g/mol. The zero-order chi connectivity index (χ0) is 6.57. The molecule has 0 rings (SSSR count). The minimum absolute atomic E-state index is 0.158. The monoisotopic (exact) mass is 137 g/mol. The average Bonchev–Trinajstić information content (AvgIpc) is 1.65. The van der Waals surface area contributed by atoms with Crippen LogP contribution in [0, 0.1) is 0 Å². The Kier molecular flexibility index (Phi) is 3.35. The van der Waals surface area contributed by atoms with Crippen molar-refractivity contribution in [1.82, 2.24) is 5.32 Å². The zero-order valence-corrected chi connectivity index (χ0v) is 5.27. The highest BCUT2D eigenvalue weighted by atomic mass is 35.5. The number of nitrogens with one attached hydrogen (secondary N) is 1. The number of carbonyl (C=O) groups is 1. The smallest absolute Gasteiger partial charge is 0.404 e. The van der Waals surface area contributed by atoms with E-state index in [1.54, 1.807) is 6.92 Å². The first-order valence-corrected chi connectivity index (χ1v) is 2.75. The normalized spacial score (nSPS) is 12.8. The molecule has 0 aromatic heterocycles. The Morgan fingerprint density at radius 2 is 2.50 bits per heavy atom. The Morgan fingerprint density at radius 3 is 2.62 bits per heavy atom. The number of carboxylic acid groups (broad SMARTS) is 1. The molecular formula is C4H8ClNO2. The van der Waals surface area contributed by atoms with Gasteiger partial charge in [-0.2, -0.15) is 0 Å². The highest BCUT2D eigenvalue weighted by Gasteiger charge is 2.00. The van der Waals surface area contributed by atoms with Crippen LogP contribution >= 0.6 is 11.6 Å². The van der Waals surface area contributed by atoms with Crippen LogP contribution in [-0.4, -0.2) is 23.1 Å². The molecule has 0 saturated carbocycles. The molecule has 48 valence electrons. The number of halogens is 1. The first-order chi connectivity index (χ1) is 3.66. The van der Waals surface area contributed by atoms with Crippen molar-refractivity contribution in [2.45, 2.75) is 13.0 Å². The summed E-state index contributed by atoms with van der Waals surface area (Å²) >= 11 is 5.27. The molecule has 0 aliphatic heterocycles. The minimum Gasteiger partial charge on any atom is -0.465 e. The van der Waals surface area contributed by atoms with Gasteiger partial charge in [-0.3, -0.25) is 0 Å². The molecule has 4 heteroatoms. The van der Waals surface area contributed by atoms with Crippen LogP contribution in [0.3, 0.4) is 0 Å². The topological polar surface area (TPSA) is 49.3 Å². The SMILES string of the molecule is CC(CCl)NC(=O)O. The van der Waals surface area contributed by atoms with E-state index in [0.717, 1.165) is 0 Å². The van der Waals surface area contributed by atoms with Crippen molar-refractivity contribution >= 4 is 17.7 Å². The van der Waals surface area contributed by atoms with Gasteiger partial charge in [0.15, 0.2) is 0 Å². The second kappa shape index (κ2) is 3.55. The van der Waals surface area contributed by atoms with Gasteiger partial charge in [0.25, 0.3) is 0 Å². The molecule has 0 fully saturated rings. The van der Waals surface area contributed by atoms with Crippen molar-refractivity contribution in [1.29, 1.82) is 0 Å². The molecule has 0 bridgehead atoms. The number of hydrogen-bond acceptors (Lipinski definition) is 1. The van der Waals surface area contributed by atoms with Crippen LogP contribution in [0.5, 0.6) is 0 Å². The fraction of sp³-hybridized carbons (Fsp3) is 0.750. The van der Waals surface area contributed by atoms with E-state index in [-0.39, 0.29) is 6.04 Å². The molecule has 0 aromatic rings. The van der Waals surface area contributed by atoms with E-state index < -0.39 is 6.09 Å². The molecule has 0 aliphatic carbocycles. The predicted molar refractivity (Wildman–Crippen MR) is 31.3 cm³/mol. The van der Waals surface area contributed by atoms with Crippen LogP contribution in [0.2, 0.25) is 0 Å². The maximum Gasteiger partial charge on any atom is 0.404 e. The summed E-state index contributed by atoms with van der Waals surface area (Å²) in [6.45, 7) is 1.70. The van der Waals surface area contributed by atoms with Gasteiger partial charge in [-0.25, -0.2) is 4.79 Å². The molecule has 0 heterocycles. The van der Waals surface area contributed by atoms with Crippen molar-refractivity contribution in [3.05, 3.63) is 0 Å². The summed E-state index contributed by atoms with van der Waals surface area (Å²) in [5, 5.41) is 10.2. The van der Waals surface area contributed by atoms with Crippen molar-refractivity contribution in [2.75, 3.05) is 5.88 Å². The first-order valence-electron chi connectivity index (χ1n) is 2.22. The summed E-state index contributed by atoms with van der Waals surface area (Å²) in [7, 11) is 0. The quantitative estimate of drug-likeness (QED) is 0.555. The lowest BCUT2D eigenvalue weighted by atomic mass is 10.4. The lowest BCUT2D eigenvalue weighted by Gasteiger charge is -2.04. The Balaban J connectivity index is 3.24. The highest BCUT2D eigenvalue weighted by molar-refractivity contribution is 6.18. The summed E-state index contributed by atoms with van der Waals surface area (Å²) in [4.78, 5) is 9.80. The molecule has 2 N–H and O–H groups in total. The van der Waals surface area contributed by atoms with Gasteiger partial charge in [0.1, 0.15) is 0 Å². The van der Waals surface area contributed by atoms with Crippen LogP contribution < -0.4 is 5.32 Å². The van der Waals surface area contributed by atoms with Gasteiger partial charge in [0.05, 0.1) is 0 Å². The first kappa shape index (κ1) is 7.56. The number of hydrogen-bond donors (Lipinski definition) is 2. The molecule has 0 spiro atoms. The molecule has 8 heavy (non-hydrogen) atoms. The Morgan fingerprint density at radius 1 is 2.00 bits per heavy atom. The lowest BCUT2D eigenvalue weighted by Crippen LogP contribution is -2.32. The summed E-state index contributed by atoms with van der Waals surface area (Å²) in [5.41, 5.74) is 0. The second-order valence-electron chi connectivity index (χ2n) is 1.50. The van der Waals surface area contributed by atoms with Crippen LogP contribution in [-0.2, 0) is 0 Å². The Hall–Kier alpha value is -0.440. The molecule has 0 aromatic carbocycles. The number of rotatable bonds is 2. The van der Waals surface area contributed by atoms with Gasteiger partial charge >= 0.3 is 6.09 Å². The highest BCUT2D eigenvalue weighted by Crippen LogP contribution is 1.83. The van der Waals surface area contributed by atoms with E-state index >= 15 is 0 Å². The van der Waals surface area contributed by atoms with Crippen molar-refractivity contribution in [3.8, 4) is 0 Å². The molecule has 1 unspecified atom stereocenters. The van der Waals surface area contributed by atoms with Crippen LogP contribution in [0.25, 0.3) is 0 Å². The van der Waals surface area contributed by atoms with E-state index in [4.69, 9.17) is 16.7 Å². The minimum atomic E-state index is -1.03. The molecule has 1 amide bonds. The molecule has 3 nitrogen and oxygen atoms in total. The lowest BCUT2D eigenvalue weighted by molar-refractivity contribution is 0.192. The molecule has 0 saturated heterocycles. The zero-order valence-electron chi connectivity index (χ0n) is 4.52. The van der Waals surface area contributed by atoms with Gasteiger partial charge in [0.2, 0.25) is 0 Å². The maximum atomic E-state index is 9.80. The number of amides is 1. The van der Waals surface area contributed by atoms with Gasteiger partial charge in [-0.05, 0) is 6.92 Å². The van der Waals surface area contributed by atoms with Gasteiger partial charge in [0, 0.05) is 11.9 Å². The maximum absolute atomic E-state index is 9.80. The fourth-order valence-electron chi connectivity index (χ4n) is 0.249. The summed E-state index contributed by atoms with van der Waals surface area (Å²) in [6.07, 6.45) is -1.03. The van der Waals surface area contributed by atoms with E-state index in [9.17, 15) is 4.79 Å². The van der Waals surface area contributed by atoms with E-state index in [0.29, 0.717) is 5.88 Å². The summed E-state index contributed by atoms with van der Waals surface area (Å²) in [5.74, 6) is 0.312. The van der Waals surface area contributed by atoms with Crippen LogP contribution in [0.4, 0.5) is 4.79 Å². The third-order valence-electron chi connectivity index (χ3n) is 0.601. The van der Waals surface area contributed by atoms with Gasteiger partial charge in [-0.1, -0.05) is 0 Å². The standard InChI is InChI=1S/C4H8ClNO2/c1-3(2-5)6-4(7)8/h3,6H,2H2,1H3,(H,7,8). The average molecular weight is 138 g/mol. The van der Waals surface area contributed by atoms with Crippen LogP contribution in [0.1, 0.15) is 6.92 Å². The summed E-state index contributed by atoms with van der Waals surface area (Å²) in [6, 6.07) is -0.158. The summed E-state index contributed by atoms with van der Waals surface area (Å²) < 4.78 is 0. The predicted octanol–water partition coefficient (Wildman–Crippen LogP) is 0.881. The molecule has 1 atom stereocenters. The fourth-order valence-corrected chi connectivity index (χ4v) is 0.327. The third-order valence-corrected chi connectivity index (χ3v) is 1.06. The van der Waals surface area contributed by atoms with Crippen molar-refractivity contribution in [3.63, 3.8) is 0 Å². The van der Waals surface area contributed by atoms with Crippen LogP contribution in [0.15, 0.2) is 0 Å². The third kappa shape index (κ3) is 3.74. The number of alkyl halides is 1. The van der Waals surface area contributed by atoms with E-state index in [1.165, 1.54) is 0 Å². The van der Waals surface area contributed by atoms with E-state index in [2.05, 4.69) is 5.32 Å². The Labute approximate surface area is 52.6 Å². The van der Waals surface area contributed by atoms with Crippen molar-refractivity contribution in [2.24, 2.45) is 0 Å². The molecule has 0 aliphatic rings. The molecule has 0 radical (unpaired) electrons.